The lowest BCUT2D eigenvalue weighted by atomic mass is 9.86. The minimum atomic E-state index is 0.437. The van der Waals surface area contributed by atoms with Gasteiger partial charge in [0, 0.05) is 52.7 Å². The minimum absolute atomic E-state index is 0.437. The van der Waals surface area contributed by atoms with E-state index < -0.39 is 0 Å². The predicted molar refractivity (Wildman–Crippen MR) is 257 cm³/mol. The van der Waals surface area contributed by atoms with E-state index in [2.05, 4.69) is 171 Å². The van der Waals surface area contributed by atoms with Gasteiger partial charge in [0.25, 0.3) is 0 Å². The maximum absolute atomic E-state index is 5.41. The molecule has 7 aromatic carbocycles. The third-order valence-electron chi connectivity index (χ3n) is 11.9. The van der Waals surface area contributed by atoms with Gasteiger partial charge >= 0.3 is 0 Å². The van der Waals surface area contributed by atoms with Crippen LogP contribution in [0.4, 0.5) is 0 Å². The van der Waals surface area contributed by atoms with Gasteiger partial charge in [-0.1, -0.05) is 165 Å². The molecule has 1 aliphatic rings. The molecular weight excluding hydrogens is 781 g/mol. The molecule has 0 saturated heterocycles. The van der Waals surface area contributed by atoms with Crippen molar-refractivity contribution >= 4 is 69.4 Å². The highest BCUT2D eigenvalue weighted by atomic mass is 32.1. The third kappa shape index (κ3) is 6.26. The molecule has 0 radical (unpaired) electrons. The van der Waals surface area contributed by atoms with Gasteiger partial charge in [-0.25, -0.2) is 19.9 Å². The molecule has 0 saturated carbocycles. The van der Waals surface area contributed by atoms with Crippen LogP contribution in [0.15, 0.2) is 182 Å². The average molecular weight is 817 g/mol. The molecule has 0 fully saturated rings. The Bertz CT molecular complexity index is 3510. The maximum atomic E-state index is 5.41. The Morgan fingerprint density at radius 3 is 1.77 bits per heavy atom. The van der Waals surface area contributed by atoms with E-state index in [1.807, 2.05) is 40.9 Å². The Morgan fingerprint density at radius 1 is 0.443 bits per heavy atom. The SMILES string of the molecule is CC1C=C(c2cccc(-c3nc(-c4ccccc4)nc(-c4ccc(-c5nc6cc(-c7ccccc7)ccc6c6c5sc5ccccc56)cc4)n3)c2)c2sc3ccccc3c2C1. The maximum Gasteiger partial charge on any atom is 0.164 e. The largest absolute Gasteiger partial charge is 0.246 e. The van der Waals surface area contributed by atoms with Crippen LogP contribution < -0.4 is 0 Å². The first-order valence-corrected chi connectivity index (χ1v) is 22.3. The van der Waals surface area contributed by atoms with Crippen molar-refractivity contribution in [3.63, 3.8) is 0 Å². The van der Waals surface area contributed by atoms with Crippen LogP contribution in [0.3, 0.4) is 0 Å². The molecule has 1 atom stereocenters. The molecule has 0 amide bonds. The number of hydrogen-bond acceptors (Lipinski definition) is 6. The summed E-state index contributed by atoms with van der Waals surface area (Å²) in [7, 11) is 0. The topological polar surface area (TPSA) is 51.6 Å². The fourth-order valence-corrected chi connectivity index (χ4v) is 11.4. The van der Waals surface area contributed by atoms with Gasteiger partial charge in [0.2, 0.25) is 0 Å². The Morgan fingerprint density at radius 2 is 1.02 bits per heavy atom. The molecule has 61 heavy (non-hydrogen) atoms. The van der Waals surface area contributed by atoms with E-state index in [1.54, 1.807) is 0 Å². The Labute approximate surface area is 361 Å². The first-order valence-electron chi connectivity index (χ1n) is 20.7. The lowest BCUT2D eigenvalue weighted by Gasteiger charge is -2.20. The summed E-state index contributed by atoms with van der Waals surface area (Å²) in [6.45, 7) is 2.32. The fraction of sp³-hybridized carbons (Fsp3) is 0.0545. The standard InChI is InChI=1S/C55H36N4S2/c1-33-29-44(51-45(30-33)41-19-8-10-21-47(41)60-51)39-17-12-18-40(31-39)55-58-53(36-15-6-3-7-16-36)57-54(59-55)37-25-23-35(24-26-37)50-52-49(43-20-9-11-22-48(43)61-52)42-28-27-38(32-46(42)56-50)34-13-4-2-5-14-34/h2-29,31-33H,30H2,1H3. The fourth-order valence-electron chi connectivity index (χ4n) is 8.93. The second kappa shape index (κ2) is 14.6. The van der Waals surface area contributed by atoms with Crippen LogP contribution in [0.1, 0.15) is 22.9 Å². The number of fused-ring (bicyclic) bond motifs is 8. The second-order valence-electron chi connectivity index (χ2n) is 15.9. The molecule has 0 spiro atoms. The van der Waals surface area contributed by atoms with Crippen LogP contribution in [-0.4, -0.2) is 19.9 Å². The summed E-state index contributed by atoms with van der Waals surface area (Å²) < 4.78 is 3.78. The number of pyridine rings is 1. The van der Waals surface area contributed by atoms with E-state index >= 15 is 0 Å². The normalized spacial score (nSPS) is 13.9. The number of benzene rings is 7. The van der Waals surface area contributed by atoms with E-state index in [1.165, 1.54) is 62.8 Å². The van der Waals surface area contributed by atoms with Crippen molar-refractivity contribution in [2.24, 2.45) is 5.92 Å². The van der Waals surface area contributed by atoms with Gasteiger partial charge in [-0.2, -0.15) is 0 Å². The predicted octanol–water partition coefficient (Wildman–Crippen LogP) is 15.0. The first kappa shape index (κ1) is 35.8. The molecule has 0 bridgehead atoms. The van der Waals surface area contributed by atoms with Gasteiger partial charge in [0.15, 0.2) is 17.5 Å². The zero-order valence-corrected chi connectivity index (χ0v) is 34.8. The molecule has 12 rings (SSSR count). The highest BCUT2D eigenvalue weighted by molar-refractivity contribution is 7.26. The van der Waals surface area contributed by atoms with Gasteiger partial charge in [-0.05, 0) is 69.8 Å². The number of nitrogens with zero attached hydrogens (tertiary/aromatic N) is 4. The van der Waals surface area contributed by atoms with E-state index in [9.17, 15) is 0 Å². The minimum Gasteiger partial charge on any atom is -0.246 e. The van der Waals surface area contributed by atoms with Crippen molar-refractivity contribution in [3.05, 3.63) is 198 Å². The van der Waals surface area contributed by atoms with Crippen molar-refractivity contribution in [2.45, 2.75) is 13.3 Å². The molecule has 4 heterocycles. The van der Waals surface area contributed by atoms with Gasteiger partial charge < -0.3 is 0 Å². The zero-order chi connectivity index (χ0) is 40.4. The molecule has 11 aromatic rings. The van der Waals surface area contributed by atoms with Gasteiger partial charge in [0.1, 0.15) is 0 Å². The Kier molecular flexibility index (Phi) is 8.54. The summed E-state index contributed by atoms with van der Waals surface area (Å²) in [5.74, 6) is 2.36. The Hall–Kier alpha value is -7.12. The van der Waals surface area contributed by atoms with Crippen molar-refractivity contribution in [3.8, 4) is 56.5 Å². The summed E-state index contributed by atoms with van der Waals surface area (Å²) >= 11 is 3.70. The summed E-state index contributed by atoms with van der Waals surface area (Å²) in [5.41, 5.74) is 12.1. The van der Waals surface area contributed by atoms with Crippen LogP contribution in [0, 0.1) is 5.92 Å². The van der Waals surface area contributed by atoms with Crippen molar-refractivity contribution in [1.82, 2.24) is 19.9 Å². The van der Waals surface area contributed by atoms with Crippen LogP contribution in [-0.2, 0) is 6.42 Å². The number of aromatic nitrogens is 4. The second-order valence-corrected chi connectivity index (χ2v) is 18.0. The molecule has 6 heteroatoms. The highest BCUT2D eigenvalue weighted by Crippen LogP contribution is 2.45. The van der Waals surface area contributed by atoms with Gasteiger partial charge in [0.05, 0.1) is 15.9 Å². The van der Waals surface area contributed by atoms with Crippen molar-refractivity contribution < 1.29 is 0 Å². The number of hydrogen-bond donors (Lipinski definition) is 0. The molecular formula is C55H36N4S2. The smallest absolute Gasteiger partial charge is 0.164 e. The number of rotatable bonds is 6. The summed E-state index contributed by atoms with van der Waals surface area (Å²) in [5, 5.41) is 5.05. The molecule has 4 aromatic heterocycles. The lowest BCUT2D eigenvalue weighted by molar-refractivity contribution is 0.720. The molecule has 288 valence electrons. The number of thiophene rings is 2. The molecule has 0 N–H and O–H groups in total. The van der Waals surface area contributed by atoms with Crippen molar-refractivity contribution in [2.75, 3.05) is 0 Å². The van der Waals surface area contributed by atoms with E-state index in [-0.39, 0.29) is 0 Å². The van der Waals surface area contributed by atoms with Crippen LogP contribution in [0.2, 0.25) is 0 Å². The molecule has 4 nitrogen and oxygen atoms in total. The molecule has 1 aliphatic carbocycles. The van der Waals surface area contributed by atoms with E-state index in [0.29, 0.717) is 23.4 Å². The van der Waals surface area contributed by atoms with Gasteiger partial charge in [-0.15, -0.1) is 22.7 Å². The number of allylic oxidation sites excluding steroid dienone is 1. The summed E-state index contributed by atoms with van der Waals surface area (Å²) in [6.07, 6.45) is 3.49. The monoisotopic (exact) mass is 816 g/mol. The molecule has 1 unspecified atom stereocenters. The lowest BCUT2D eigenvalue weighted by Crippen LogP contribution is -2.06. The van der Waals surface area contributed by atoms with Gasteiger partial charge in [-0.3, -0.25) is 0 Å². The quantitative estimate of drug-likeness (QED) is 0.168. The van der Waals surface area contributed by atoms with Crippen LogP contribution in [0.5, 0.6) is 0 Å². The first-order chi connectivity index (χ1) is 30.1. The average Bonchev–Trinajstić information content (AvgIpc) is 3.91. The zero-order valence-electron chi connectivity index (χ0n) is 33.2. The van der Waals surface area contributed by atoms with Crippen LogP contribution in [0.25, 0.3) is 103 Å². The summed E-state index contributed by atoms with van der Waals surface area (Å²) in [6, 6.07) is 62.2. The summed E-state index contributed by atoms with van der Waals surface area (Å²) in [4.78, 5) is 22.2. The van der Waals surface area contributed by atoms with Crippen LogP contribution >= 0.6 is 22.7 Å². The van der Waals surface area contributed by atoms with E-state index in [4.69, 9.17) is 19.9 Å². The van der Waals surface area contributed by atoms with Crippen molar-refractivity contribution in [1.29, 1.82) is 0 Å². The Balaban J connectivity index is 0.970. The highest BCUT2D eigenvalue weighted by Gasteiger charge is 2.24. The third-order valence-corrected chi connectivity index (χ3v) is 14.3. The molecule has 0 aliphatic heterocycles. The van der Waals surface area contributed by atoms with E-state index in [0.717, 1.165) is 45.4 Å².